The van der Waals surface area contributed by atoms with Crippen molar-refractivity contribution in [2.24, 2.45) is 0 Å². The van der Waals surface area contributed by atoms with Crippen molar-refractivity contribution in [2.75, 3.05) is 33.4 Å². The van der Waals surface area contributed by atoms with Crippen molar-refractivity contribution in [2.45, 2.75) is 26.2 Å². The molecule has 0 atom stereocenters. The van der Waals surface area contributed by atoms with Gasteiger partial charge in [-0.1, -0.05) is 6.92 Å². The van der Waals surface area contributed by atoms with Gasteiger partial charge >= 0.3 is 0 Å². The molecule has 4 nitrogen and oxygen atoms in total. The Morgan fingerprint density at radius 2 is 2.07 bits per heavy atom. The van der Waals surface area contributed by atoms with Gasteiger partial charge in [-0.25, -0.2) is 0 Å². The maximum absolute atomic E-state index is 11.1. The Hall–Kier alpha value is -0.610. The fourth-order valence-corrected chi connectivity index (χ4v) is 1.02. The minimum Gasteiger partial charge on any atom is -0.385 e. The van der Waals surface area contributed by atoms with Crippen LogP contribution in [0, 0.1) is 0 Å². The highest BCUT2D eigenvalue weighted by molar-refractivity contribution is 5.75. The molecule has 0 aromatic heterocycles. The lowest BCUT2D eigenvalue weighted by molar-refractivity contribution is -0.120. The Kier molecular flexibility index (Phi) is 10.0. The topological polar surface area (TPSA) is 50.4 Å². The average Bonchev–Trinajstić information content (AvgIpc) is 2.20. The first-order valence-electron chi connectivity index (χ1n) is 5.27. The SMILES string of the molecule is CCCNC(=O)CCNCCCOC. The summed E-state index contributed by atoms with van der Waals surface area (Å²) in [4.78, 5) is 11.1. The zero-order valence-electron chi connectivity index (χ0n) is 9.27. The van der Waals surface area contributed by atoms with Gasteiger partial charge in [-0.05, 0) is 19.4 Å². The molecule has 0 fully saturated rings. The fraction of sp³-hybridized carbons (Fsp3) is 0.900. The minimum atomic E-state index is 0.131. The van der Waals surface area contributed by atoms with Crippen LogP contribution in [-0.4, -0.2) is 39.3 Å². The van der Waals surface area contributed by atoms with Gasteiger partial charge in [0.15, 0.2) is 0 Å². The Balaban J connectivity index is 3.07. The van der Waals surface area contributed by atoms with Crippen LogP contribution in [0.25, 0.3) is 0 Å². The summed E-state index contributed by atoms with van der Waals surface area (Å²) < 4.78 is 4.90. The molecule has 0 aliphatic heterocycles. The number of nitrogens with one attached hydrogen (secondary N) is 2. The lowest BCUT2D eigenvalue weighted by Crippen LogP contribution is -2.28. The highest BCUT2D eigenvalue weighted by Crippen LogP contribution is 1.81. The Morgan fingerprint density at radius 1 is 1.29 bits per heavy atom. The first-order valence-corrected chi connectivity index (χ1v) is 5.27. The van der Waals surface area contributed by atoms with Crippen LogP contribution in [0.3, 0.4) is 0 Å². The van der Waals surface area contributed by atoms with Gasteiger partial charge in [0.25, 0.3) is 0 Å². The van der Waals surface area contributed by atoms with Crippen LogP contribution in [0.4, 0.5) is 0 Å². The second-order valence-electron chi connectivity index (χ2n) is 3.20. The second kappa shape index (κ2) is 10.5. The van der Waals surface area contributed by atoms with Gasteiger partial charge in [-0.3, -0.25) is 4.79 Å². The second-order valence-corrected chi connectivity index (χ2v) is 3.20. The van der Waals surface area contributed by atoms with Gasteiger partial charge in [0.2, 0.25) is 5.91 Å². The maximum Gasteiger partial charge on any atom is 0.221 e. The average molecular weight is 202 g/mol. The molecular weight excluding hydrogens is 180 g/mol. The lowest BCUT2D eigenvalue weighted by Gasteiger charge is -2.05. The molecule has 0 saturated carbocycles. The van der Waals surface area contributed by atoms with Crippen LogP contribution in [0.5, 0.6) is 0 Å². The van der Waals surface area contributed by atoms with Crippen LogP contribution >= 0.6 is 0 Å². The standard InChI is InChI=1S/C10H22N2O2/c1-3-6-12-10(13)5-8-11-7-4-9-14-2/h11H,3-9H2,1-2H3,(H,12,13). The molecule has 0 spiro atoms. The summed E-state index contributed by atoms with van der Waals surface area (Å²) in [5.41, 5.74) is 0. The molecule has 0 aliphatic rings. The molecule has 84 valence electrons. The minimum absolute atomic E-state index is 0.131. The Labute approximate surface area is 86.4 Å². The van der Waals surface area contributed by atoms with E-state index in [1.54, 1.807) is 7.11 Å². The number of amides is 1. The van der Waals surface area contributed by atoms with Crippen LogP contribution < -0.4 is 10.6 Å². The van der Waals surface area contributed by atoms with Gasteiger partial charge in [-0.2, -0.15) is 0 Å². The molecular formula is C10H22N2O2. The zero-order chi connectivity index (χ0) is 10.6. The van der Waals surface area contributed by atoms with Crippen molar-refractivity contribution in [3.8, 4) is 0 Å². The third-order valence-corrected chi connectivity index (χ3v) is 1.80. The van der Waals surface area contributed by atoms with Crippen LogP contribution in [0.2, 0.25) is 0 Å². The van der Waals surface area contributed by atoms with E-state index in [1.807, 2.05) is 6.92 Å². The Morgan fingerprint density at radius 3 is 2.71 bits per heavy atom. The quantitative estimate of drug-likeness (QED) is 0.536. The van der Waals surface area contributed by atoms with Crippen molar-refractivity contribution in [3.05, 3.63) is 0 Å². The number of hydrogen-bond acceptors (Lipinski definition) is 3. The highest BCUT2D eigenvalue weighted by Gasteiger charge is 1.97. The number of hydrogen-bond donors (Lipinski definition) is 2. The first-order chi connectivity index (χ1) is 6.81. The molecule has 0 unspecified atom stereocenters. The predicted octanol–water partition coefficient (Wildman–Crippen LogP) is 0.529. The van der Waals surface area contributed by atoms with Crippen molar-refractivity contribution in [1.82, 2.24) is 10.6 Å². The van der Waals surface area contributed by atoms with Crippen molar-refractivity contribution in [1.29, 1.82) is 0 Å². The van der Waals surface area contributed by atoms with Gasteiger partial charge in [0, 0.05) is 33.2 Å². The molecule has 0 aromatic rings. The monoisotopic (exact) mass is 202 g/mol. The van der Waals surface area contributed by atoms with Crippen LogP contribution in [-0.2, 0) is 9.53 Å². The normalized spacial score (nSPS) is 10.1. The Bertz CT molecular complexity index is 140. The summed E-state index contributed by atoms with van der Waals surface area (Å²) in [5.74, 6) is 0.131. The van der Waals surface area contributed by atoms with E-state index in [0.29, 0.717) is 6.42 Å². The largest absolute Gasteiger partial charge is 0.385 e. The van der Waals surface area contributed by atoms with Crippen molar-refractivity contribution >= 4 is 5.91 Å². The third-order valence-electron chi connectivity index (χ3n) is 1.80. The van der Waals surface area contributed by atoms with Crippen molar-refractivity contribution < 1.29 is 9.53 Å². The molecule has 1 amide bonds. The molecule has 14 heavy (non-hydrogen) atoms. The number of ether oxygens (including phenoxy) is 1. The number of carbonyl (C=O) groups excluding carboxylic acids is 1. The molecule has 0 radical (unpaired) electrons. The molecule has 2 N–H and O–H groups in total. The summed E-state index contributed by atoms with van der Waals surface area (Å²) in [7, 11) is 1.69. The summed E-state index contributed by atoms with van der Waals surface area (Å²) in [5, 5.41) is 6.02. The molecule has 4 heteroatoms. The molecule has 0 rings (SSSR count). The maximum atomic E-state index is 11.1. The fourth-order valence-electron chi connectivity index (χ4n) is 1.02. The summed E-state index contributed by atoms with van der Waals surface area (Å²) in [6.45, 7) is 5.26. The summed E-state index contributed by atoms with van der Waals surface area (Å²) >= 11 is 0. The van der Waals surface area contributed by atoms with E-state index in [1.165, 1.54) is 0 Å². The van der Waals surface area contributed by atoms with Crippen molar-refractivity contribution in [3.63, 3.8) is 0 Å². The smallest absolute Gasteiger partial charge is 0.221 e. The van der Waals surface area contributed by atoms with Gasteiger partial charge in [-0.15, -0.1) is 0 Å². The first kappa shape index (κ1) is 13.4. The number of carbonyl (C=O) groups is 1. The van der Waals surface area contributed by atoms with E-state index in [0.717, 1.165) is 39.1 Å². The van der Waals surface area contributed by atoms with E-state index in [-0.39, 0.29) is 5.91 Å². The van der Waals surface area contributed by atoms with E-state index in [9.17, 15) is 4.79 Å². The van der Waals surface area contributed by atoms with E-state index < -0.39 is 0 Å². The highest BCUT2D eigenvalue weighted by atomic mass is 16.5. The summed E-state index contributed by atoms with van der Waals surface area (Å²) in [6.07, 6.45) is 2.55. The van der Waals surface area contributed by atoms with Gasteiger partial charge in [0.05, 0.1) is 0 Å². The molecule has 0 saturated heterocycles. The molecule has 0 heterocycles. The molecule has 0 bridgehead atoms. The molecule has 0 aliphatic carbocycles. The predicted molar refractivity (Wildman–Crippen MR) is 57.3 cm³/mol. The van der Waals surface area contributed by atoms with E-state index in [2.05, 4.69) is 10.6 Å². The zero-order valence-corrected chi connectivity index (χ0v) is 9.27. The summed E-state index contributed by atoms with van der Waals surface area (Å²) in [6, 6.07) is 0. The van der Waals surface area contributed by atoms with Crippen LogP contribution in [0.15, 0.2) is 0 Å². The van der Waals surface area contributed by atoms with Crippen LogP contribution in [0.1, 0.15) is 26.2 Å². The van der Waals surface area contributed by atoms with Gasteiger partial charge in [0.1, 0.15) is 0 Å². The van der Waals surface area contributed by atoms with E-state index in [4.69, 9.17) is 4.74 Å². The van der Waals surface area contributed by atoms with Gasteiger partial charge < -0.3 is 15.4 Å². The van der Waals surface area contributed by atoms with E-state index >= 15 is 0 Å². The number of rotatable bonds is 9. The lowest BCUT2D eigenvalue weighted by atomic mass is 10.3. The number of methoxy groups -OCH3 is 1. The molecule has 0 aromatic carbocycles. The third kappa shape index (κ3) is 9.48.